The third kappa shape index (κ3) is 3.17. The summed E-state index contributed by atoms with van der Waals surface area (Å²) in [6.07, 6.45) is 2.25. The lowest BCUT2D eigenvalue weighted by Crippen LogP contribution is -2.72. The van der Waals surface area contributed by atoms with Crippen molar-refractivity contribution in [3.63, 3.8) is 0 Å². The lowest BCUT2D eigenvalue weighted by molar-refractivity contribution is -0.0751. The van der Waals surface area contributed by atoms with Crippen LogP contribution in [-0.2, 0) is 4.74 Å². The van der Waals surface area contributed by atoms with Gasteiger partial charge in [0.25, 0.3) is 5.91 Å². The van der Waals surface area contributed by atoms with Gasteiger partial charge in [-0.1, -0.05) is 6.07 Å². The molecule has 5 nitrogen and oxygen atoms in total. The van der Waals surface area contributed by atoms with Gasteiger partial charge in [0.15, 0.2) is 0 Å². The first-order valence-corrected chi connectivity index (χ1v) is 8.66. The molecule has 2 aliphatic heterocycles. The Kier molecular flexibility index (Phi) is 4.88. The van der Waals surface area contributed by atoms with Crippen molar-refractivity contribution in [1.82, 2.24) is 9.80 Å². The number of nitrogens with zero attached hydrogens (tertiary/aromatic N) is 3. The van der Waals surface area contributed by atoms with Crippen molar-refractivity contribution >= 4 is 5.91 Å². The molecule has 128 valence electrons. The zero-order valence-electron chi connectivity index (χ0n) is 14.5. The molecule has 0 radical (unpaired) electrons. The summed E-state index contributed by atoms with van der Waals surface area (Å²) < 4.78 is 5.61. The number of carbonyl (C=O) groups excluding carboxylic acids is 1. The monoisotopic (exact) mass is 327 g/mol. The molecule has 1 spiro atoms. The highest BCUT2D eigenvalue weighted by atomic mass is 16.5. The molecule has 1 aromatic carbocycles. The van der Waals surface area contributed by atoms with E-state index in [9.17, 15) is 4.79 Å². The van der Waals surface area contributed by atoms with Crippen LogP contribution < -0.4 is 0 Å². The average molecular weight is 327 g/mol. The van der Waals surface area contributed by atoms with E-state index in [1.807, 2.05) is 11.8 Å². The Bertz CT molecular complexity index is 644. The van der Waals surface area contributed by atoms with Gasteiger partial charge in [-0.05, 0) is 57.5 Å². The molecule has 5 heteroatoms. The fraction of sp³-hybridized carbons (Fsp3) is 0.579. The number of hydrogen-bond donors (Lipinski definition) is 0. The molecule has 1 atom stereocenters. The van der Waals surface area contributed by atoms with E-state index in [2.05, 4.69) is 18.0 Å². The van der Waals surface area contributed by atoms with E-state index >= 15 is 0 Å². The van der Waals surface area contributed by atoms with Gasteiger partial charge in [-0.15, -0.1) is 0 Å². The lowest BCUT2D eigenvalue weighted by atomic mass is 9.75. The van der Waals surface area contributed by atoms with E-state index in [-0.39, 0.29) is 11.4 Å². The minimum atomic E-state index is 0.0260. The summed E-state index contributed by atoms with van der Waals surface area (Å²) in [6, 6.07) is 9.05. The third-order valence-corrected chi connectivity index (χ3v) is 5.41. The predicted octanol–water partition coefficient (Wildman–Crippen LogP) is 2.13. The normalized spacial score (nSPS) is 22.9. The second-order valence-electron chi connectivity index (χ2n) is 7.02. The van der Waals surface area contributed by atoms with Crippen LogP contribution in [0.4, 0.5) is 0 Å². The van der Waals surface area contributed by atoms with Crippen LogP contribution in [0.15, 0.2) is 24.3 Å². The van der Waals surface area contributed by atoms with Crippen LogP contribution in [0.5, 0.6) is 0 Å². The summed E-state index contributed by atoms with van der Waals surface area (Å²) in [6.45, 7) is 6.21. The van der Waals surface area contributed by atoms with Crippen molar-refractivity contribution in [2.45, 2.75) is 25.3 Å². The maximum absolute atomic E-state index is 12.7. The van der Waals surface area contributed by atoms with E-state index in [1.165, 1.54) is 0 Å². The van der Waals surface area contributed by atoms with E-state index in [1.54, 1.807) is 24.3 Å². The molecule has 1 unspecified atom stereocenters. The smallest absolute Gasteiger partial charge is 0.254 e. The van der Waals surface area contributed by atoms with Crippen LogP contribution in [-0.4, -0.2) is 61.1 Å². The fourth-order valence-corrected chi connectivity index (χ4v) is 3.92. The average Bonchev–Trinajstić information content (AvgIpc) is 2.58. The van der Waals surface area contributed by atoms with Crippen LogP contribution in [0.25, 0.3) is 0 Å². The highest BCUT2D eigenvalue weighted by molar-refractivity contribution is 5.95. The van der Waals surface area contributed by atoms with Gasteiger partial charge in [0.05, 0.1) is 17.2 Å². The van der Waals surface area contributed by atoms with Crippen molar-refractivity contribution < 1.29 is 9.53 Å². The van der Waals surface area contributed by atoms with Crippen LogP contribution in [0.3, 0.4) is 0 Å². The van der Waals surface area contributed by atoms with Crippen LogP contribution in [0.1, 0.15) is 35.7 Å². The van der Waals surface area contributed by atoms with E-state index in [4.69, 9.17) is 10.00 Å². The Morgan fingerprint density at radius 3 is 2.96 bits per heavy atom. The van der Waals surface area contributed by atoms with Gasteiger partial charge in [0.2, 0.25) is 0 Å². The molecule has 2 saturated heterocycles. The number of hydrogen-bond acceptors (Lipinski definition) is 4. The molecule has 3 rings (SSSR count). The first-order chi connectivity index (χ1) is 11.6. The Balaban J connectivity index is 1.64. The standard InChI is InChI=1S/C19H25N3O2/c1-3-24-12-16-7-8-21(2)19(10-16)13-22(14-19)18(23)17-6-4-5-15(9-17)11-20/h4-6,9,16H,3,7-8,10,12-14H2,1-2H3. The quantitative estimate of drug-likeness (QED) is 0.850. The Morgan fingerprint density at radius 2 is 2.25 bits per heavy atom. The summed E-state index contributed by atoms with van der Waals surface area (Å²) >= 11 is 0. The molecule has 1 aromatic rings. The molecule has 1 amide bonds. The number of benzene rings is 1. The van der Waals surface area contributed by atoms with Gasteiger partial charge in [0, 0.05) is 31.9 Å². The van der Waals surface area contributed by atoms with Crippen molar-refractivity contribution in [3.05, 3.63) is 35.4 Å². The lowest BCUT2D eigenvalue weighted by Gasteiger charge is -2.58. The molecular formula is C19H25N3O2. The number of likely N-dealkylation sites (tertiary alicyclic amines) is 2. The molecule has 2 heterocycles. The zero-order chi connectivity index (χ0) is 17.2. The zero-order valence-corrected chi connectivity index (χ0v) is 14.5. The second-order valence-corrected chi connectivity index (χ2v) is 7.02. The van der Waals surface area contributed by atoms with E-state index < -0.39 is 0 Å². The van der Waals surface area contributed by atoms with Gasteiger partial charge in [0.1, 0.15) is 0 Å². The van der Waals surface area contributed by atoms with E-state index in [0.29, 0.717) is 17.0 Å². The van der Waals surface area contributed by atoms with Gasteiger partial charge in [-0.3, -0.25) is 9.69 Å². The maximum atomic E-state index is 12.7. The van der Waals surface area contributed by atoms with Crippen LogP contribution >= 0.6 is 0 Å². The fourth-order valence-electron chi connectivity index (χ4n) is 3.92. The van der Waals surface area contributed by atoms with Crippen LogP contribution in [0, 0.1) is 17.2 Å². The van der Waals surface area contributed by atoms with Crippen molar-refractivity contribution in [3.8, 4) is 6.07 Å². The largest absolute Gasteiger partial charge is 0.381 e. The molecule has 0 N–H and O–H groups in total. The number of nitriles is 1. The first kappa shape index (κ1) is 16.9. The van der Waals surface area contributed by atoms with Gasteiger partial charge >= 0.3 is 0 Å². The van der Waals surface area contributed by atoms with Gasteiger partial charge in [-0.25, -0.2) is 0 Å². The van der Waals surface area contributed by atoms with Gasteiger partial charge in [-0.2, -0.15) is 5.26 Å². The summed E-state index contributed by atoms with van der Waals surface area (Å²) in [4.78, 5) is 17.0. The van der Waals surface area contributed by atoms with E-state index in [0.717, 1.165) is 45.7 Å². The summed E-state index contributed by atoms with van der Waals surface area (Å²) in [7, 11) is 2.16. The minimum Gasteiger partial charge on any atom is -0.381 e. The topological polar surface area (TPSA) is 56.6 Å². The molecule has 2 fully saturated rings. The number of piperidine rings is 1. The Hall–Kier alpha value is -1.90. The summed E-state index contributed by atoms with van der Waals surface area (Å²) in [5, 5.41) is 8.99. The molecule has 0 aromatic heterocycles. The summed E-state index contributed by atoms with van der Waals surface area (Å²) in [5.74, 6) is 0.610. The van der Waals surface area contributed by atoms with Crippen molar-refractivity contribution in [2.75, 3.05) is 39.9 Å². The number of rotatable bonds is 4. The molecule has 0 aliphatic carbocycles. The predicted molar refractivity (Wildman–Crippen MR) is 91.6 cm³/mol. The third-order valence-electron chi connectivity index (χ3n) is 5.41. The van der Waals surface area contributed by atoms with Crippen molar-refractivity contribution in [1.29, 1.82) is 5.26 Å². The Labute approximate surface area is 143 Å². The highest BCUT2D eigenvalue weighted by Gasteiger charge is 2.50. The maximum Gasteiger partial charge on any atom is 0.254 e. The number of amides is 1. The number of likely N-dealkylation sites (N-methyl/N-ethyl adjacent to an activating group) is 1. The molecule has 2 aliphatic rings. The van der Waals surface area contributed by atoms with Gasteiger partial charge < -0.3 is 9.64 Å². The summed E-state index contributed by atoms with van der Waals surface area (Å²) in [5.41, 5.74) is 1.23. The minimum absolute atomic E-state index is 0.0260. The highest BCUT2D eigenvalue weighted by Crippen LogP contribution is 2.38. The number of carbonyl (C=O) groups is 1. The first-order valence-electron chi connectivity index (χ1n) is 8.66. The molecule has 0 bridgehead atoms. The molecule has 0 saturated carbocycles. The number of ether oxygens (including phenoxy) is 1. The SMILES string of the molecule is CCOCC1CCN(C)C2(C1)CN(C(=O)c1cccc(C#N)c1)C2. The Morgan fingerprint density at radius 1 is 1.46 bits per heavy atom. The van der Waals surface area contributed by atoms with Crippen molar-refractivity contribution in [2.24, 2.45) is 5.92 Å². The molecular weight excluding hydrogens is 302 g/mol. The van der Waals surface area contributed by atoms with Crippen LogP contribution in [0.2, 0.25) is 0 Å². The second kappa shape index (κ2) is 6.92. The molecule has 24 heavy (non-hydrogen) atoms.